The Morgan fingerprint density at radius 3 is 1.82 bits per heavy atom. The first-order chi connectivity index (χ1) is 13.3. The van der Waals surface area contributed by atoms with Crippen molar-refractivity contribution >= 4 is 47.8 Å². The van der Waals surface area contributed by atoms with Crippen LogP contribution in [0.4, 0.5) is 0 Å². The van der Waals surface area contributed by atoms with Gasteiger partial charge in [0.05, 0.1) is 26.6 Å². The van der Waals surface area contributed by atoms with Gasteiger partial charge < -0.3 is 9.47 Å². The van der Waals surface area contributed by atoms with Crippen LogP contribution in [0.25, 0.3) is 0 Å². The third kappa shape index (κ3) is 5.99. The lowest BCUT2D eigenvalue weighted by atomic mass is 9.78. The number of hydrogen-bond donors (Lipinski definition) is 0. The maximum absolute atomic E-state index is 5.95. The van der Waals surface area contributed by atoms with E-state index in [1.807, 2.05) is 0 Å². The lowest BCUT2D eigenvalue weighted by Crippen LogP contribution is -2.19. The van der Waals surface area contributed by atoms with Crippen molar-refractivity contribution in [1.82, 2.24) is 0 Å². The maximum atomic E-state index is 5.95. The van der Waals surface area contributed by atoms with Crippen molar-refractivity contribution in [3.63, 3.8) is 0 Å². The van der Waals surface area contributed by atoms with Crippen LogP contribution in [0.5, 0.6) is 11.5 Å². The van der Waals surface area contributed by atoms with Gasteiger partial charge in [0.25, 0.3) is 0 Å². The minimum Gasteiger partial charge on any atom is -0.492 e. The Labute approximate surface area is 194 Å². The molecule has 0 saturated carbocycles. The fourth-order valence-corrected chi connectivity index (χ4v) is 4.79. The highest BCUT2D eigenvalue weighted by Gasteiger charge is 2.26. The summed E-state index contributed by atoms with van der Waals surface area (Å²) in [4.78, 5) is 0. The molecule has 2 rings (SSSR count). The van der Waals surface area contributed by atoms with Crippen molar-refractivity contribution in [3.8, 4) is 11.5 Å². The summed E-state index contributed by atoms with van der Waals surface area (Å²) in [5.74, 6) is 1.77. The van der Waals surface area contributed by atoms with Gasteiger partial charge >= 0.3 is 0 Å². The third-order valence-electron chi connectivity index (χ3n) is 4.87. The van der Waals surface area contributed by atoms with Crippen LogP contribution in [0.2, 0.25) is 0 Å². The second kappa shape index (κ2) is 11.0. The summed E-state index contributed by atoms with van der Waals surface area (Å²) >= 11 is 11.1. The zero-order chi connectivity index (χ0) is 20.7. The monoisotopic (exact) mass is 574 g/mol. The minimum absolute atomic E-state index is 0.169. The molecule has 5 heteroatoms. The van der Waals surface area contributed by atoms with Gasteiger partial charge in [0, 0.05) is 5.41 Å². The molecule has 2 aromatic rings. The van der Waals surface area contributed by atoms with Crippen LogP contribution in [0.15, 0.2) is 43.7 Å². The normalized spacial score (nSPS) is 11.5. The van der Waals surface area contributed by atoms with E-state index in [2.05, 4.69) is 106 Å². The van der Waals surface area contributed by atoms with Gasteiger partial charge in [-0.05, 0) is 96.0 Å². The molecule has 0 fully saturated rings. The summed E-state index contributed by atoms with van der Waals surface area (Å²) in [5.41, 5.74) is 2.26. The van der Waals surface area contributed by atoms with E-state index in [9.17, 15) is 0 Å². The summed E-state index contributed by atoms with van der Waals surface area (Å²) in [5, 5.41) is 0. The van der Waals surface area contributed by atoms with E-state index in [1.54, 1.807) is 0 Å². The SMILES string of the molecule is CCCCOc1ccc(C(C)(C)c2cc(Br)c(OCCCC)c(Br)c2)cc1Br. The van der Waals surface area contributed by atoms with Gasteiger partial charge in [0.15, 0.2) is 0 Å². The van der Waals surface area contributed by atoms with Crippen LogP contribution >= 0.6 is 47.8 Å². The number of hydrogen-bond acceptors (Lipinski definition) is 2. The molecule has 0 aliphatic rings. The standard InChI is InChI=1S/C23H29Br3O2/c1-5-7-11-27-21-10-9-16(13-18(21)24)23(3,4)17-14-19(25)22(20(26)15-17)28-12-8-6-2/h9-10,13-15H,5-8,11-12H2,1-4H3. The Hall–Kier alpha value is -0.520. The molecule has 0 radical (unpaired) electrons. The lowest BCUT2D eigenvalue weighted by Gasteiger charge is -2.28. The topological polar surface area (TPSA) is 18.5 Å². The van der Waals surface area contributed by atoms with Crippen molar-refractivity contribution in [1.29, 1.82) is 0 Å². The van der Waals surface area contributed by atoms with E-state index in [0.717, 1.165) is 63.8 Å². The molecular formula is C23H29Br3O2. The number of ether oxygens (including phenoxy) is 2. The largest absolute Gasteiger partial charge is 0.492 e. The number of unbranched alkanes of at least 4 members (excludes halogenated alkanes) is 2. The quantitative estimate of drug-likeness (QED) is 0.263. The predicted molar refractivity (Wildman–Crippen MR) is 129 cm³/mol. The van der Waals surface area contributed by atoms with Gasteiger partial charge in [-0.2, -0.15) is 0 Å². The van der Waals surface area contributed by atoms with Gasteiger partial charge in [-0.1, -0.05) is 46.6 Å². The van der Waals surface area contributed by atoms with Crippen LogP contribution in [0, 0.1) is 0 Å². The molecule has 0 aromatic heterocycles. The van der Waals surface area contributed by atoms with Crippen LogP contribution in [0.1, 0.15) is 64.5 Å². The van der Waals surface area contributed by atoms with Crippen LogP contribution in [-0.4, -0.2) is 13.2 Å². The fourth-order valence-electron chi connectivity index (χ4n) is 2.88. The minimum atomic E-state index is -0.169. The molecule has 0 spiro atoms. The summed E-state index contributed by atoms with van der Waals surface area (Å²) in [6.07, 6.45) is 4.36. The molecular weight excluding hydrogens is 548 g/mol. The van der Waals surface area contributed by atoms with Gasteiger partial charge in [0.2, 0.25) is 0 Å². The highest BCUT2D eigenvalue weighted by Crippen LogP contribution is 2.42. The third-order valence-corrected chi connectivity index (χ3v) is 6.67. The van der Waals surface area contributed by atoms with E-state index in [0.29, 0.717) is 0 Å². The Bertz CT molecular complexity index is 764. The van der Waals surface area contributed by atoms with E-state index in [1.165, 1.54) is 11.1 Å². The molecule has 0 aliphatic heterocycles. The average molecular weight is 577 g/mol. The highest BCUT2D eigenvalue weighted by molar-refractivity contribution is 9.11. The second-order valence-electron chi connectivity index (χ2n) is 7.44. The van der Waals surface area contributed by atoms with Crippen molar-refractivity contribution < 1.29 is 9.47 Å². The van der Waals surface area contributed by atoms with E-state index in [-0.39, 0.29) is 5.41 Å². The first kappa shape index (κ1) is 23.8. The smallest absolute Gasteiger partial charge is 0.147 e. The number of rotatable bonds is 10. The molecule has 0 amide bonds. The molecule has 28 heavy (non-hydrogen) atoms. The first-order valence-corrected chi connectivity index (χ1v) is 12.2. The zero-order valence-corrected chi connectivity index (χ0v) is 21.8. The Kier molecular flexibility index (Phi) is 9.36. The molecule has 2 nitrogen and oxygen atoms in total. The maximum Gasteiger partial charge on any atom is 0.147 e. The van der Waals surface area contributed by atoms with Crippen molar-refractivity contribution in [2.75, 3.05) is 13.2 Å². The van der Waals surface area contributed by atoms with Gasteiger partial charge in [-0.3, -0.25) is 0 Å². The summed E-state index contributed by atoms with van der Waals surface area (Å²) in [7, 11) is 0. The van der Waals surface area contributed by atoms with Crippen LogP contribution in [0.3, 0.4) is 0 Å². The van der Waals surface area contributed by atoms with Crippen molar-refractivity contribution in [2.45, 2.75) is 58.8 Å². The molecule has 2 aromatic carbocycles. The first-order valence-electron chi connectivity index (χ1n) is 9.86. The Morgan fingerprint density at radius 2 is 1.29 bits per heavy atom. The van der Waals surface area contributed by atoms with Gasteiger partial charge in [-0.25, -0.2) is 0 Å². The average Bonchev–Trinajstić information content (AvgIpc) is 2.65. The Morgan fingerprint density at radius 1 is 0.750 bits per heavy atom. The van der Waals surface area contributed by atoms with E-state index in [4.69, 9.17) is 9.47 Å². The second-order valence-corrected chi connectivity index (χ2v) is 10.0. The summed E-state index contributed by atoms with van der Waals surface area (Å²) in [6.45, 7) is 10.3. The van der Waals surface area contributed by atoms with Crippen LogP contribution in [-0.2, 0) is 5.41 Å². The number of halogens is 3. The van der Waals surface area contributed by atoms with E-state index < -0.39 is 0 Å². The molecule has 0 heterocycles. The molecule has 0 unspecified atom stereocenters. The lowest BCUT2D eigenvalue weighted by molar-refractivity contribution is 0.305. The highest BCUT2D eigenvalue weighted by atomic mass is 79.9. The van der Waals surface area contributed by atoms with E-state index >= 15 is 0 Å². The molecule has 0 bridgehead atoms. The molecule has 0 atom stereocenters. The van der Waals surface area contributed by atoms with Gasteiger partial charge in [0.1, 0.15) is 11.5 Å². The van der Waals surface area contributed by atoms with Crippen molar-refractivity contribution in [2.24, 2.45) is 0 Å². The van der Waals surface area contributed by atoms with Crippen molar-refractivity contribution in [3.05, 3.63) is 54.9 Å². The predicted octanol–water partition coefficient (Wildman–Crippen LogP) is 8.66. The summed E-state index contributed by atoms with van der Waals surface area (Å²) in [6, 6.07) is 10.7. The summed E-state index contributed by atoms with van der Waals surface area (Å²) < 4.78 is 14.8. The molecule has 0 saturated heterocycles. The Balaban J connectivity index is 2.27. The zero-order valence-electron chi connectivity index (χ0n) is 17.1. The fraction of sp³-hybridized carbons (Fsp3) is 0.478. The molecule has 0 aliphatic carbocycles. The van der Waals surface area contributed by atoms with Gasteiger partial charge in [-0.15, -0.1) is 0 Å². The number of benzene rings is 2. The molecule has 154 valence electrons. The molecule has 0 N–H and O–H groups in total. The van der Waals surface area contributed by atoms with Crippen LogP contribution < -0.4 is 9.47 Å².